The Morgan fingerprint density at radius 2 is 1.61 bits per heavy atom. The molecule has 12 heteroatoms. The van der Waals surface area contributed by atoms with Crippen molar-refractivity contribution in [2.24, 2.45) is 5.92 Å². The molecule has 1 atom stereocenters. The molecule has 5 amide bonds. The van der Waals surface area contributed by atoms with Crippen LogP contribution in [0.5, 0.6) is 11.5 Å². The highest BCUT2D eigenvalue weighted by Crippen LogP contribution is 2.40. The van der Waals surface area contributed by atoms with Crippen molar-refractivity contribution in [2.45, 2.75) is 103 Å². The minimum absolute atomic E-state index is 0.0585. The molecular formula is C32H44N4O8. The van der Waals surface area contributed by atoms with Crippen LogP contribution in [0.3, 0.4) is 0 Å². The Hall–Kier alpha value is -3.67. The normalized spacial score (nSPS) is 24.4. The number of methoxy groups -OCH3 is 1. The molecule has 2 saturated heterocycles. The van der Waals surface area contributed by atoms with Crippen LogP contribution in [-0.4, -0.2) is 101 Å². The molecule has 1 saturated carbocycles. The van der Waals surface area contributed by atoms with E-state index in [0.717, 1.165) is 37.1 Å². The summed E-state index contributed by atoms with van der Waals surface area (Å²) in [7, 11) is 1.48. The molecule has 0 aromatic heterocycles. The molecular weight excluding hydrogens is 568 g/mol. The molecule has 3 fully saturated rings. The minimum atomic E-state index is -1.03. The van der Waals surface area contributed by atoms with Gasteiger partial charge in [0, 0.05) is 51.0 Å². The van der Waals surface area contributed by atoms with Crippen LogP contribution < -0.4 is 14.8 Å². The summed E-state index contributed by atoms with van der Waals surface area (Å²) in [6, 6.07) is 2.69. The number of nitrogens with zero attached hydrogens (tertiary/aromatic N) is 3. The Bertz CT molecular complexity index is 1320. The zero-order valence-electron chi connectivity index (χ0n) is 26.5. The predicted molar refractivity (Wildman–Crippen MR) is 159 cm³/mol. The number of likely N-dealkylation sites (tertiary alicyclic amines) is 1. The van der Waals surface area contributed by atoms with Gasteiger partial charge in [0.05, 0.1) is 18.2 Å². The topological polar surface area (TPSA) is 135 Å². The maximum atomic E-state index is 13.3. The fourth-order valence-electron chi connectivity index (χ4n) is 6.52. The molecule has 5 rings (SSSR count). The van der Waals surface area contributed by atoms with Gasteiger partial charge in [-0.3, -0.25) is 34.3 Å². The maximum absolute atomic E-state index is 13.3. The molecule has 0 unspecified atom stereocenters. The average Bonchev–Trinajstić information content (AvgIpc) is 3.16. The van der Waals surface area contributed by atoms with Gasteiger partial charge >= 0.3 is 6.09 Å². The van der Waals surface area contributed by atoms with Crippen LogP contribution in [0.1, 0.15) is 93.9 Å². The zero-order chi connectivity index (χ0) is 31.9. The van der Waals surface area contributed by atoms with E-state index in [1.165, 1.54) is 19.2 Å². The molecule has 3 heterocycles. The number of ether oxygens (including phenoxy) is 3. The largest absolute Gasteiger partial charge is 0.493 e. The number of hydrogen-bond acceptors (Lipinski definition) is 9. The lowest BCUT2D eigenvalue weighted by Crippen LogP contribution is -2.54. The highest BCUT2D eigenvalue weighted by atomic mass is 16.6. The Kier molecular flexibility index (Phi) is 8.93. The lowest BCUT2D eigenvalue weighted by atomic mass is 9.85. The minimum Gasteiger partial charge on any atom is -0.493 e. The van der Waals surface area contributed by atoms with Crippen molar-refractivity contribution in [1.82, 2.24) is 20.0 Å². The summed E-state index contributed by atoms with van der Waals surface area (Å²) in [4.78, 5) is 68.2. The number of carbonyl (C=O) groups excluding carboxylic acids is 5. The van der Waals surface area contributed by atoms with Crippen LogP contribution in [0, 0.1) is 5.92 Å². The summed E-state index contributed by atoms with van der Waals surface area (Å²) in [6.07, 6.45) is 3.31. The lowest BCUT2D eigenvalue weighted by Gasteiger charge is -2.46. The highest BCUT2D eigenvalue weighted by molar-refractivity contribution is 6.23. The predicted octanol–water partition coefficient (Wildman–Crippen LogP) is 3.36. The van der Waals surface area contributed by atoms with Crippen LogP contribution in [0.25, 0.3) is 0 Å². The van der Waals surface area contributed by atoms with E-state index in [4.69, 9.17) is 14.2 Å². The number of rotatable bonds is 8. The quantitative estimate of drug-likeness (QED) is 0.439. The van der Waals surface area contributed by atoms with Crippen molar-refractivity contribution >= 4 is 29.7 Å². The molecule has 3 aliphatic heterocycles. The second-order valence-electron chi connectivity index (χ2n) is 13.6. The van der Waals surface area contributed by atoms with Crippen molar-refractivity contribution in [2.75, 3.05) is 26.7 Å². The van der Waals surface area contributed by atoms with Gasteiger partial charge in [0.2, 0.25) is 11.8 Å². The van der Waals surface area contributed by atoms with Crippen LogP contribution in [0.4, 0.5) is 4.79 Å². The van der Waals surface area contributed by atoms with Gasteiger partial charge in [-0.25, -0.2) is 4.79 Å². The SMILES string of the molecule is COc1cc2c(cc1OC1CC(N(CC3CCN(C(=O)OC(C)(C)C)CC3)C(C)C)C1)C(=O)N([C@@H]1CCC(=O)NC1=O)C2=O. The summed E-state index contributed by atoms with van der Waals surface area (Å²) in [6.45, 7) is 12.4. The molecule has 1 aliphatic carbocycles. The number of amides is 5. The Morgan fingerprint density at radius 1 is 1.00 bits per heavy atom. The number of imide groups is 2. The molecule has 1 aromatic carbocycles. The monoisotopic (exact) mass is 612 g/mol. The molecule has 0 radical (unpaired) electrons. The van der Waals surface area contributed by atoms with Gasteiger partial charge < -0.3 is 19.1 Å². The van der Waals surface area contributed by atoms with Crippen molar-refractivity contribution < 1.29 is 38.2 Å². The van der Waals surface area contributed by atoms with E-state index < -0.39 is 35.3 Å². The van der Waals surface area contributed by atoms with E-state index in [2.05, 4.69) is 24.1 Å². The summed E-state index contributed by atoms with van der Waals surface area (Å²) < 4.78 is 17.4. The number of benzene rings is 1. The Morgan fingerprint density at radius 3 is 2.16 bits per heavy atom. The van der Waals surface area contributed by atoms with E-state index in [1.54, 1.807) is 4.90 Å². The van der Waals surface area contributed by atoms with Gasteiger partial charge in [-0.2, -0.15) is 0 Å². The van der Waals surface area contributed by atoms with Crippen molar-refractivity contribution in [3.63, 3.8) is 0 Å². The molecule has 0 spiro atoms. The average molecular weight is 613 g/mol. The molecule has 1 N–H and O–H groups in total. The van der Waals surface area contributed by atoms with Crippen molar-refractivity contribution in [1.29, 1.82) is 0 Å². The van der Waals surface area contributed by atoms with Crippen molar-refractivity contribution in [3.05, 3.63) is 23.3 Å². The third-order valence-electron chi connectivity index (χ3n) is 8.96. The first-order valence-electron chi connectivity index (χ1n) is 15.6. The van der Waals surface area contributed by atoms with Gasteiger partial charge in [0.15, 0.2) is 11.5 Å². The fraction of sp³-hybridized carbons (Fsp3) is 0.656. The summed E-state index contributed by atoms with van der Waals surface area (Å²) in [5.41, 5.74) is -0.190. The van der Waals surface area contributed by atoms with Gasteiger partial charge in [-0.05, 0) is 71.9 Å². The van der Waals surface area contributed by atoms with E-state index in [1.807, 2.05) is 20.8 Å². The van der Waals surface area contributed by atoms with Gasteiger partial charge in [-0.1, -0.05) is 0 Å². The number of nitrogens with one attached hydrogen (secondary N) is 1. The molecule has 12 nitrogen and oxygen atoms in total. The first-order valence-corrected chi connectivity index (χ1v) is 15.6. The lowest BCUT2D eigenvalue weighted by molar-refractivity contribution is -0.136. The Labute approximate surface area is 258 Å². The van der Waals surface area contributed by atoms with E-state index >= 15 is 0 Å². The standard InChI is InChI=1S/C32H44N4O8/c1-18(2)35(17-19-9-11-34(12-10-19)31(41)44-32(3,4)5)20-13-21(14-20)43-26-16-23-22(15-25(26)42-6)29(39)36(30(23)40)24-7-8-27(37)33-28(24)38/h15-16,18-21,24H,7-14,17H2,1-6H3,(H,33,37,38)/t20?,21?,24-/m1/s1. The van der Waals surface area contributed by atoms with Crippen LogP contribution in [0.2, 0.25) is 0 Å². The van der Waals surface area contributed by atoms with E-state index in [0.29, 0.717) is 42.6 Å². The third kappa shape index (κ3) is 6.55. The molecule has 4 aliphatic rings. The van der Waals surface area contributed by atoms with E-state index in [9.17, 15) is 24.0 Å². The highest BCUT2D eigenvalue weighted by Gasteiger charge is 2.46. The molecule has 0 bridgehead atoms. The summed E-state index contributed by atoms with van der Waals surface area (Å²) in [5.74, 6) is -1.02. The second-order valence-corrected chi connectivity index (χ2v) is 13.6. The van der Waals surface area contributed by atoms with Gasteiger partial charge in [0.25, 0.3) is 11.8 Å². The zero-order valence-corrected chi connectivity index (χ0v) is 26.5. The number of carbonyl (C=O) groups is 5. The number of fused-ring (bicyclic) bond motifs is 1. The first-order chi connectivity index (χ1) is 20.8. The number of piperidine rings is 2. The smallest absolute Gasteiger partial charge is 0.410 e. The van der Waals surface area contributed by atoms with E-state index in [-0.39, 0.29) is 36.2 Å². The second kappa shape index (κ2) is 12.4. The fourth-order valence-corrected chi connectivity index (χ4v) is 6.52. The van der Waals surface area contributed by atoms with Crippen molar-refractivity contribution in [3.8, 4) is 11.5 Å². The molecule has 44 heavy (non-hydrogen) atoms. The molecule has 1 aromatic rings. The van der Waals surface area contributed by atoms with Crippen LogP contribution in [0.15, 0.2) is 12.1 Å². The van der Waals surface area contributed by atoms with Gasteiger partial charge in [-0.15, -0.1) is 0 Å². The van der Waals surface area contributed by atoms with Crippen LogP contribution in [-0.2, 0) is 14.3 Å². The first kappa shape index (κ1) is 31.7. The number of hydrogen-bond donors (Lipinski definition) is 1. The van der Waals surface area contributed by atoms with Crippen LogP contribution >= 0.6 is 0 Å². The maximum Gasteiger partial charge on any atom is 0.410 e. The third-order valence-corrected chi connectivity index (χ3v) is 8.96. The summed E-state index contributed by atoms with van der Waals surface area (Å²) in [5, 5.41) is 2.21. The molecule has 240 valence electrons. The Balaban J connectivity index is 1.18. The van der Waals surface area contributed by atoms with Gasteiger partial charge in [0.1, 0.15) is 17.7 Å². The summed E-state index contributed by atoms with van der Waals surface area (Å²) >= 11 is 0.